The van der Waals surface area contributed by atoms with Crippen molar-refractivity contribution in [2.75, 3.05) is 0 Å². The molecule has 17 unspecified atom stereocenters. The summed E-state index contributed by atoms with van der Waals surface area (Å²) in [6.45, 7) is 0. The standard InChI is InChI=1S/C32H55ClN8O2S.Co/c33-44(42,43)16-13-14-23-24(15-16)32-40-30-22-12-6-5-11-21(22)28(38-30)36-26-18-8-2-1-7-17(18)25(34-26)35-27-19-9-3-4-10-20(19)29(37-27)39-31(23)41-32;/h16-32,34-41H,1-15H2;. The van der Waals surface area contributed by atoms with Crippen molar-refractivity contribution in [2.24, 2.45) is 47.3 Å². The molecule has 0 spiro atoms. The molecule has 45 heavy (non-hydrogen) atoms. The Morgan fingerprint density at radius 2 is 0.622 bits per heavy atom. The smallest absolute Gasteiger partial charge is 0.235 e. The Balaban J connectivity index is 0.00000300. The Kier molecular flexibility index (Phi) is 9.39. The Labute approximate surface area is 284 Å². The van der Waals surface area contributed by atoms with Crippen molar-refractivity contribution in [3.8, 4) is 0 Å². The molecule has 8 N–H and O–H groups in total. The molecule has 9 aliphatic rings. The summed E-state index contributed by atoms with van der Waals surface area (Å²) in [7, 11) is 2.42. The van der Waals surface area contributed by atoms with Gasteiger partial charge >= 0.3 is 0 Å². The molecular formula is C32H55ClCoN8O2S. The van der Waals surface area contributed by atoms with Gasteiger partial charge in [-0.2, -0.15) is 0 Å². The molecule has 8 bridgehead atoms. The zero-order chi connectivity index (χ0) is 29.6. The van der Waals surface area contributed by atoms with Gasteiger partial charge in [-0.3, -0.25) is 42.5 Å². The molecule has 5 saturated heterocycles. The second-order valence-electron chi connectivity index (χ2n) is 16.2. The average Bonchev–Trinajstić information content (AvgIpc) is 3.76. The van der Waals surface area contributed by atoms with Crippen molar-refractivity contribution in [1.29, 1.82) is 0 Å². The normalized spacial score (nSPS) is 54.3. The summed E-state index contributed by atoms with van der Waals surface area (Å²) < 4.78 is 25.1. The van der Waals surface area contributed by atoms with Gasteiger partial charge in [0.2, 0.25) is 9.05 Å². The minimum atomic E-state index is -3.58. The maximum Gasteiger partial charge on any atom is 0.235 e. The molecule has 5 heterocycles. The summed E-state index contributed by atoms with van der Waals surface area (Å²) in [5.74, 6) is 4.40. The molecule has 0 aromatic rings. The van der Waals surface area contributed by atoms with E-state index < -0.39 is 14.3 Å². The first-order valence-corrected chi connectivity index (χ1v) is 20.8. The van der Waals surface area contributed by atoms with Crippen LogP contribution in [0, 0.1) is 47.3 Å². The first-order chi connectivity index (χ1) is 21.4. The van der Waals surface area contributed by atoms with Crippen molar-refractivity contribution >= 4 is 19.7 Å². The van der Waals surface area contributed by atoms with Gasteiger partial charge in [-0.05, 0) is 105 Å². The average molecular weight is 710 g/mol. The van der Waals surface area contributed by atoms with E-state index in [0.717, 1.165) is 6.42 Å². The maximum absolute atomic E-state index is 12.6. The molecule has 1 radical (unpaired) electrons. The number of nitrogens with one attached hydrogen (secondary N) is 8. The van der Waals surface area contributed by atoms with E-state index in [-0.39, 0.29) is 53.5 Å². The molecule has 13 heteroatoms. The van der Waals surface area contributed by atoms with Gasteiger partial charge in [0.25, 0.3) is 0 Å². The van der Waals surface area contributed by atoms with Crippen LogP contribution >= 0.6 is 10.7 Å². The molecule has 10 nitrogen and oxygen atoms in total. The molecule has 0 amide bonds. The van der Waals surface area contributed by atoms with Gasteiger partial charge in [-0.1, -0.05) is 38.5 Å². The predicted octanol–water partition coefficient (Wildman–Crippen LogP) is 2.15. The van der Waals surface area contributed by atoms with E-state index in [1.54, 1.807) is 0 Å². The van der Waals surface area contributed by atoms with Gasteiger partial charge in [0.1, 0.15) is 0 Å². The van der Waals surface area contributed by atoms with Crippen LogP contribution in [-0.2, 0) is 25.8 Å². The predicted molar refractivity (Wildman–Crippen MR) is 171 cm³/mol. The van der Waals surface area contributed by atoms with Gasteiger partial charge in [0.15, 0.2) is 0 Å². The molecule has 4 aliphatic carbocycles. The number of fused-ring (bicyclic) bond motifs is 20. The van der Waals surface area contributed by atoms with Crippen molar-refractivity contribution in [3.05, 3.63) is 0 Å². The minimum Gasteiger partial charge on any atom is -0.286 e. The van der Waals surface area contributed by atoms with Crippen LogP contribution in [0.15, 0.2) is 0 Å². The Morgan fingerprint density at radius 1 is 0.378 bits per heavy atom. The molecule has 5 aliphatic heterocycles. The monoisotopic (exact) mass is 709 g/mol. The SMILES string of the molecule is O=S(=O)(Cl)C1CCC2C3NC4NC(NC5NC(NC6NC(NC(N3)C2C1)C1CCCCC61)C1CCCCC51)C1CCCCC41.[Co]. The van der Waals surface area contributed by atoms with E-state index >= 15 is 0 Å². The first-order valence-electron chi connectivity index (χ1n) is 18.4. The van der Waals surface area contributed by atoms with Gasteiger partial charge < -0.3 is 0 Å². The van der Waals surface area contributed by atoms with E-state index in [1.807, 2.05) is 0 Å². The Morgan fingerprint density at radius 3 is 0.889 bits per heavy atom. The van der Waals surface area contributed by atoms with Crippen LogP contribution in [-0.4, -0.2) is 63.0 Å². The van der Waals surface area contributed by atoms with Crippen LogP contribution in [0.2, 0.25) is 0 Å². The van der Waals surface area contributed by atoms with Gasteiger partial charge in [-0.25, -0.2) is 8.42 Å². The third-order valence-electron chi connectivity index (χ3n) is 14.2. The molecule has 9 fully saturated rings. The second kappa shape index (κ2) is 13.0. The Bertz CT molecular complexity index is 1190. The fourth-order valence-corrected chi connectivity index (χ4v) is 13.6. The van der Waals surface area contributed by atoms with Crippen LogP contribution in [0.5, 0.6) is 0 Å². The minimum absolute atomic E-state index is 0. The summed E-state index contributed by atoms with van der Waals surface area (Å²) in [5.41, 5.74) is 0. The summed E-state index contributed by atoms with van der Waals surface area (Å²) in [6, 6.07) is 0. The van der Waals surface area contributed by atoms with E-state index in [1.165, 1.54) is 77.0 Å². The van der Waals surface area contributed by atoms with Crippen molar-refractivity contribution in [1.82, 2.24) is 42.5 Å². The topological polar surface area (TPSA) is 130 Å². The van der Waals surface area contributed by atoms with E-state index in [4.69, 9.17) is 10.7 Å². The quantitative estimate of drug-likeness (QED) is 0.192. The van der Waals surface area contributed by atoms with Gasteiger partial charge in [-0.15, -0.1) is 0 Å². The summed E-state index contributed by atoms with van der Waals surface area (Å²) in [5, 5.41) is 32.5. The molecule has 17 atom stereocenters. The molecule has 4 saturated carbocycles. The van der Waals surface area contributed by atoms with Crippen LogP contribution < -0.4 is 42.5 Å². The molecule has 0 aromatic carbocycles. The third-order valence-corrected chi connectivity index (χ3v) is 16.2. The van der Waals surface area contributed by atoms with Gasteiger partial charge in [0.05, 0.1) is 54.6 Å². The fraction of sp³-hybridized carbons (Fsp3) is 1.00. The summed E-state index contributed by atoms with van der Waals surface area (Å²) >= 11 is 0. The number of hydrogen-bond acceptors (Lipinski definition) is 10. The fourth-order valence-electron chi connectivity index (χ4n) is 12.2. The number of hydrogen-bond donors (Lipinski definition) is 8. The van der Waals surface area contributed by atoms with Crippen LogP contribution in [0.4, 0.5) is 0 Å². The summed E-state index contributed by atoms with van der Waals surface area (Å²) in [6.07, 6.45) is 19.8. The van der Waals surface area contributed by atoms with Crippen LogP contribution in [0.1, 0.15) is 96.3 Å². The van der Waals surface area contributed by atoms with Crippen molar-refractivity contribution < 1.29 is 25.2 Å². The maximum atomic E-state index is 12.6. The third kappa shape index (κ3) is 5.90. The number of rotatable bonds is 1. The molecule has 257 valence electrons. The molecule has 9 rings (SSSR count). The zero-order valence-corrected chi connectivity index (χ0v) is 29.0. The van der Waals surface area contributed by atoms with Gasteiger partial charge in [0, 0.05) is 27.5 Å². The summed E-state index contributed by atoms with van der Waals surface area (Å²) in [4.78, 5) is 0. The van der Waals surface area contributed by atoms with Crippen LogP contribution in [0.3, 0.4) is 0 Å². The van der Waals surface area contributed by atoms with E-state index in [9.17, 15) is 8.42 Å². The molecular weight excluding hydrogens is 655 g/mol. The zero-order valence-electron chi connectivity index (χ0n) is 26.4. The second-order valence-corrected chi connectivity index (χ2v) is 19.1. The van der Waals surface area contributed by atoms with E-state index in [2.05, 4.69) is 42.5 Å². The van der Waals surface area contributed by atoms with Crippen LogP contribution in [0.25, 0.3) is 0 Å². The molecule has 0 aromatic heterocycles. The largest absolute Gasteiger partial charge is 0.286 e. The van der Waals surface area contributed by atoms with E-state index in [0.29, 0.717) is 72.8 Å². The van der Waals surface area contributed by atoms with Crippen molar-refractivity contribution in [2.45, 2.75) is 151 Å². The first kappa shape index (κ1) is 32.6. The van der Waals surface area contributed by atoms with Crippen molar-refractivity contribution in [3.63, 3.8) is 0 Å². The Hall–Kier alpha value is 0.426. The number of halogens is 1.